The molecule has 0 unspecified atom stereocenters. The molecule has 1 fully saturated rings. The Hall–Kier alpha value is -1.36. The van der Waals surface area contributed by atoms with Gasteiger partial charge in [-0.3, -0.25) is 0 Å². The Kier molecular flexibility index (Phi) is 2.96. The van der Waals surface area contributed by atoms with Gasteiger partial charge in [0.2, 0.25) is 0 Å². The Balaban J connectivity index is 2.18. The van der Waals surface area contributed by atoms with Crippen LogP contribution in [0.1, 0.15) is 31.5 Å². The minimum Gasteiger partial charge on any atom is -0.394 e. The summed E-state index contributed by atoms with van der Waals surface area (Å²) in [5, 5.41) is 12.8. The lowest BCUT2D eigenvalue weighted by Crippen LogP contribution is -2.39. The van der Waals surface area contributed by atoms with E-state index in [1.807, 2.05) is 6.92 Å². The van der Waals surface area contributed by atoms with Crippen LogP contribution in [0.3, 0.4) is 0 Å². The number of nitrogens with zero attached hydrogens (tertiary/aromatic N) is 2. The highest BCUT2D eigenvalue weighted by molar-refractivity contribution is 5.46. The van der Waals surface area contributed by atoms with Crippen molar-refractivity contribution >= 4 is 11.6 Å². The fourth-order valence-electron chi connectivity index (χ4n) is 2.30. The molecule has 1 aliphatic rings. The lowest BCUT2D eigenvalue weighted by atomic mass is 9.99. The van der Waals surface area contributed by atoms with Gasteiger partial charge in [-0.25, -0.2) is 9.97 Å². The number of nitrogens with one attached hydrogen (secondary N) is 1. The van der Waals surface area contributed by atoms with Crippen molar-refractivity contribution in [3.63, 3.8) is 0 Å². The molecule has 0 aliphatic heterocycles. The second-order valence-corrected chi connectivity index (χ2v) is 4.50. The van der Waals surface area contributed by atoms with Gasteiger partial charge in [-0.2, -0.15) is 0 Å². The van der Waals surface area contributed by atoms with Gasteiger partial charge in [-0.05, 0) is 19.8 Å². The molecule has 5 heteroatoms. The average Bonchev–Trinajstić information content (AvgIpc) is 2.65. The zero-order valence-corrected chi connectivity index (χ0v) is 9.53. The van der Waals surface area contributed by atoms with Crippen LogP contribution in [0, 0.1) is 6.92 Å². The fraction of sp³-hybridized carbons (Fsp3) is 0.636. The monoisotopic (exact) mass is 222 g/mol. The summed E-state index contributed by atoms with van der Waals surface area (Å²) in [7, 11) is 0. The third-order valence-corrected chi connectivity index (χ3v) is 3.11. The Bertz CT molecular complexity index is 354. The number of aromatic nitrogens is 2. The number of nitrogens with two attached hydrogens (primary N) is 1. The number of hydrogen-bond acceptors (Lipinski definition) is 5. The number of rotatable bonds is 3. The van der Waals surface area contributed by atoms with Crippen molar-refractivity contribution in [3.05, 3.63) is 11.9 Å². The van der Waals surface area contributed by atoms with Gasteiger partial charge < -0.3 is 16.2 Å². The predicted molar refractivity (Wildman–Crippen MR) is 63.1 cm³/mol. The van der Waals surface area contributed by atoms with Crippen molar-refractivity contribution in [2.75, 3.05) is 17.7 Å². The quantitative estimate of drug-likeness (QED) is 0.712. The maximum Gasteiger partial charge on any atom is 0.132 e. The number of anilines is 2. The summed E-state index contributed by atoms with van der Waals surface area (Å²) in [6.45, 7) is 1.94. The molecule has 4 N–H and O–H groups in total. The molecule has 1 aliphatic carbocycles. The van der Waals surface area contributed by atoms with E-state index in [1.165, 1.54) is 0 Å². The van der Waals surface area contributed by atoms with Crippen molar-refractivity contribution in [1.82, 2.24) is 9.97 Å². The molecule has 0 radical (unpaired) electrons. The Labute approximate surface area is 95.1 Å². The molecule has 5 nitrogen and oxygen atoms in total. The van der Waals surface area contributed by atoms with Crippen LogP contribution in [0.5, 0.6) is 0 Å². The summed E-state index contributed by atoms with van der Waals surface area (Å²) in [6, 6.07) is 1.71. The Morgan fingerprint density at radius 1 is 1.44 bits per heavy atom. The lowest BCUT2D eigenvalue weighted by Gasteiger charge is -2.28. The van der Waals surface area contributed by atoms with Crippen LogP contribution in [-0.2, 0) is 0 Å². The minimum atomic E-state index is -0.215. The van der Waals surface area contributed by atoms with Gasteiger partial charge in [-0.15, -0.1) is 0 Å². The van der Waals surface area contributed by atoms with Crippen LogP contribution in [0.25, 0.3) is 0 Å². The smallest absolute Gasteiger partial charge is 0.132 e. The third kappa shape index (κ3) is 2.24. The highest BCUT2D eigenvalue weighted by Gasteiger charge is 2.33. The van der Waals surface area contributed by atoms with E-state index >= 15 is 0 Å². The Morgan fingerprint density at radius 3 is 2.69 bits per heavy atom. The largest absolute Gasteiger partial charge is 0.394 e. The highest BCUT2D eigenvalue weighted by Crippen LogP contribution is 2.32. The summed E-state index contributed by atoms with van der Waals surface area (Å²) in [5.74, 6) is 1.82. The van der Waals surface area contributed by atoms with Gasteiger partial charge >= 0.3 is 0 Å². The molecule has 16 heavy (non-hydrogen) atoms. The van der Waals surface area contributed by atoms with Crippen molar-refractivity contribution in [1.29, 1.82) is 0 Å². The molecular weight excluding hydrogens is 204 g/mol. The standard InChI is InChI=1S/C11H18N4O/c1-8-13-9(12)6-10(14-8)15-11(7-16)4-2-3-5-11/h6,16H,2-5,7H2,1H3,(H3,12,13,14,15). The molecule has 0 atom stereocenters. The molecule has 1 heterocycles. The van der Waals surface area contributed by atoms with Crippen LogP contribution in [0.4, 0.5) is 11.6 Å². The van der Waals surface area contributed by atoms with Crippen LogP contribution < -0.4 is 11.1 Å². The van der Waals surface area contributed by atoms with Crippen molar-refractivity contribution in [2.45, 2.75) is 38.1 Å². The fourth-order valence-corrected chi connectivity index (χ4v) is 2.30. The third-order valence-electron chi connectivity index (χ3n) is 3.11. The zero-order valence-electron chi connectivity index (χ0n) is 9.53. The SMILES string of the molecule is Cc1nc(N)cc(NC2(CO)CCCC2)n1. The molecule has 0 spiro atoms. The molecule has 0 saturated heterocycles. The lowest BCUT2D eigenvalue weighted by molar-refractivity contribution is 0.214. The first-order valence-electron chi connectivity index (χ1n) is 5.64. The van der Waals surface area contributed by atoms with Gasteiger partial charge in [-0.1, -0.05) is 12.8 Å². The summed E-state index contributed by atoms with van der Waals surface area (Å²) in [4.78, 5) is 8.30. The topological polar surface area (TPSA) is 84.1 Å². The summed E-state index contributed by atoms with van der Waals surface area (Å²) < 4.78 is 0. The van der Waals surface area contributed by atoms with Crippen molar-refractivity contribution in [2.24, 2.45) is 0 Å². The summed E-state index contributed by atoms with van der Waals surface area (Å²) >= 11 is 0. The average molecular weight is 222 g/mol. The van der Waals surface area contributed by atoms with E-state index in [2.05, 4.69) is 15.3 Å². The van der Waals surface area contributed by atoms with Crippen LogP contribution >= 0.6 is 0 Å². The number of nitrogen functional groups attached to an aromatic ring is 1. The molecule has 1 aromatic heterocycles. The number of aryl methyl sites for hydroxylation is 1. The molecule has 0 aromatic carbocycles. The van der Waals surface area contributed by atoms with Crippen LogP contribution in [-0.4, -0.2) is 27.2 Å². The molecule has 2 rings (SSSR count). The van der Waals surface area contributed by atoms with E-state index in [0.29, 0.717) is 17.5 Å². The van der Waals surface area contributed by atoms with Gasteiger partial charge in [0.15, 0.2) is 0 Å². The van der Waals surface area contributed by atoms with Gasteiger partial charge in [0.25, 0.3) is 0 Å². The van der Waals surface area contributed by atoms with Crippen molar-refractivity contribution < 1.29 is 5.11 Å². The normalized spacial score (nSPS) is 18.6. The second-order valence-electron chi connectivity index (χ2n) is 4.50. The summed E-state index contributed by atoms with van der Waals surface area (Å²) in [6.07, 6.45) is 4.25. The number of aliphatic hydroxyl groups excluding tert-OH is 1. The van der Waals surface area contributed by atoms with Gasteiger partial charge in [0.1, 0.15) is 17.5 Å². The summed E-state index contributed by atoms with van der Waals surface area (Å²) in [5.41, 5.74) is 5.45. The maximum atomic E-state index is 9.48. The molecule has 1 saturated carbocycles. The predicted octanol–water partition coefficient (Wildman–Crippen LogP) is 1.08. The van der Waals surface area contributed by atoms with Gasteiger partial charge in [0, 0.05) is 6.07 Å². The van der Waals surface area contributed by atoms with Crippen molar-refractivity contribution in [3.8, 4) is 0 Å². The Morgan fingerprint density at radius 2 is 2.12 bits per heavy atom. The molecule has 0 amide bonds. The molecular formula is C11H18N4O. The molecule has 88 valence electrons. The number of aliphatic hydroxyl groups is 1. The number of hydrogen-bond donors (Lipinski definition) is 3. The molecule has 1 aromatic rings. The first-order valence-corrected chi connectivity index (χ1v) is 5.64. The first-order chi connectivity index (χ1) is 7.63. The van der Waals surface area contributed by atoms with Crippen LogP contribution in [0.2, 0.25) is 0 Å². The zero-order chi connectivity index (χ0) is 11.6. The van der Waals surface area contributed by atoms with Crippen LogP contribution in [0.15, 0.2) is 6.07 Å². The van der Waals surface area contributed by atoms with E-state index < -0.39 is 0 Å². The van der Waals surface area contributed by atoms with E-state index in [4.69, 9.17) is 5.73 Å². The van der Waals surface area contributed by atoms with E-state index in [9.17, 15) is 5.11 Å². The van der Waals surface area contributed by atoms with E-state index in [1.54, 1.807) is 6.07 Å². The minimum absolute atomic E-state index is 0.135. The first kappa shape index (κ1) is 11.1. The molecule has 0 bridgehead atoms. The maximum absolute atomic E-state index is 9.48. The highest BCUT2D eigenvalue weighted by atomic mass is 16.3. The second kappa shape index (κ2) is 4.25. The van der Waals surface area contributed by atoms with E-state index in [-0.39, 0.29) is 12.1 Å². The van der Waals surface area contributed by atoms with Gasteiger partial charge in [0.05, 0.1) is 12.1 Å². The van der Waals surface area contributed by atoms with E-state index in [0.717, 1.165) is 25.7 Å².